The summed E-state index contributed by atoms with van der Waals surface area (Å²) >= 11 is 0. The van der Waals surface area contributed by atoms with E-state index in [-0.39, 0.29) is 0 Å². The summed E-state index contributed by atoms with van der Waals surface area (Å²) in [6.45, 7) is 11.9. The molecule has 20 heavy (non-hydrogen) atoms. The van der Waals surface area contributed by atoms with E-state index < -0.39 is 0 Å². The highest BCUT2D eigenvalue weighted by Gasteiger charge is 2.23. The van der Waals surface area contributed by atoms with Crippen molar-refractivity contribution in [3.63, 3.8) is 0 Å². The first-order chi connectivity index (χ1) is 9.78. The highest BCUT2D eigenvalue weighted by molar-refractivity contribution is 5.61. The molecule has 4 nitrogen and oxygen atoms in total. The average molecular weight is 275 g/mol. The van der Waals surface area contributed by atoms with Crippen LogP contribution in [0.1, 0.15) is 19.4 Å². The largest absolute Gasteiger partial charge is 0.489 e. The van der Waals surface area contributed by atoms with Crippen LogP contribution in [0, 0.1) is 0 Å². The Labute approximate surface area is 121 Å². The molecule has 0 aliphatic carbocycles. The molecule has 0 bridgehead atoms. The van der Waals surface area contributed by atoms with Crippen LogP contribution in [0.2, 0.25) is 0 Å². The van der Waals surface area contributed by atoms with Gasteiger partial charge in [-0.2, -0.15) is 0 Å². The van der Waals surface area contributed by atoms with Crippen molar-refractivity contribution in [2.75, 3.05) is 44.6 Å². The van der Waals surface area contributed by atoms with Crippen molar-refractivity contribution < 1.29 is 4.74 Å². The third-order valence-electron chi connectivity index (χ3n) is 4.41. The van der Waals surface area contributed by atoms with Crippen molar-refractivity contribution >= 4 is 5.69 Å². The van der Waals surface area contributed by atoms with Gasteiger partial charge in [-0.05, 0) is 19.5 Å². The molecule has 0 radical (unpaired) electrons. The molecule has 1 atom stereocenters. The first-order valence-corrected chi connectivity index (χ1v) is 7.73. The molecule has 1 saturated heterocycles. The number of nitrogens with one attached hydrogen (secondary N) is 1. The van der Waals surface area contributed by atoms with E-state index in [9.17, 15) is 0 Å². The van der Waals surface area contributed by atoms with Crippen molar-refractivity contribution in [3.8, 4) is 5.75 Å². The quantitative estimate of drug-likeness (QED) is 0.913. The third kappa shape index (κ3) is 2.76. The van der Waals surface area contributed by atoms with Gasteiger partial charge in [-0.3, -0.25) is 9.80 Å². The zero-order valence-corrected chi connectivity index (χ0v) is 12.6. The van der Waals surface area contributed by atoms with Crippen LogP contribution < -0.4 is 10.1 Å². The Morgan fingerprint density at radius 1 is 1.35 bits per heavy atom. The molecule has 2 aliphatic rings. The van der Waals surface area contributed by atoms with Gasteiger partial charge in [-0.1, -0.05) is 19.1 Å². The van der Waals surface area contributed by atoms with Crippen molar-refractivity contribution in [1.29, 1.82) is 0 Å². The van der Waals surface area contributed by atoms with Crippen molar-refractivity contribution in [1.82, 2.24) is 9.80 Å². The monoisotopic (exact) mass is 275 g/mol. The number of para-hydroxylation sites is 1. The SMILES string of the molecule is CCN1CCN(Cc2cccc3c2OCCN3)CC1C. The van der Waals surface area contributed by atoms with Gasteiger partial charge in [-0.15, -0.1) is 0 Å². The maximum Gasteiger partial charge on any atom is 0.146 e. The van der Waals surface area contributed by atoms with Crippen LogP contribution in [-0.2, 0) is 6.54 Å². The van der Waals surface area contributed by atoms with E-state index in [4.69, 9.17) is 4.74 Å². The lowest BCUT2D eigenvalue weighted by Crippen LogP contribution is -2.51. The first kappa shape index (κ1) is 13.7. The molecule has 3 rings (SSSR count). The molecule has 1 aromatic rings. The van der Waals surface area contributed by atoms with Gasteiger partial charge in [0.25, 0.3) is 0 Å². The topological polar surface area (TPSA) is 27.7 Å². The Morgan fingerprint density at radius 2 is 2.25 bits per heavy atom. The number of fused-ring (bicyclic) bond motifs is 1. The summed E-state index contributed by atoms with van der Waals surface area (Å²) in [6.07, 6.45) is 0. The zero-order valence-electron chi connectivity index (χ0n) is 12.6. The average Bonchev–Trinajstić information content (AvgIpc) is 2.48. The first-order valence-electron chi connectivity index (χ1n) is 7.73. The van der Waals surface area contributed by atoms with Crippen LogP contribution in [0.25, 0.3) is 0 Å². The van der Waals surface area contributed by atoms with Gasteiger partial charge in [0.05, 0.1) is 5.69 Å². The van der Waals surface area contributed by atoms with Gasteiger partial charge in [0.1, 0.15) is 12.4 Å². The van der Waals surface area contributed by atoms with E-state index >= 15 is 0 Å². The fourth-order valence-corrected chi connectivity index (χ4v) is 3.28. The minimum Gasteiger partial charge on any atom is -0.489 e. The van der Waals surface area contributed by atoms with E-state index in [2.05, 4.69) is 47.2 Å². The molecule has 4 heteroatoms. The second kappa shape index (κ2) is 6.02. The van der Waals surface area contributed by atoms with Gasteiger partial charge in [0.15, 0.2) is 0 Å². The molecule has 110 valence electrons. The van der Waals surface area contributed by atoms with Crippen LogP contribution in [0.4, 0.5) is 5.69 Å². The van der Waals surface area contributed by atoms with E-state index in [0.717, 1.165) is 50.8 Å². The molecular formula is C16H25N3O. The Hall–Kier alpha value is -1.26. The Bertz CT molecular complexity index is 463. The van der Waals surface area contributed by atoms with Crippen molar-refractivity contribution in [2.45, 2.75) is 26.4 Å². The van der Waals surface area contributed by atoms with Crippen molar-refractivity contribution in [3.05, 3.63) is 23.8 Å². The Kier molecular flexibility index (Phi) is 4.13. The number of nitrogens with zero attached hydrogens (tertiary/aromatic N) is 2. The summed E-state index contributed by atoms with van der Waals surface area (Å²) in [6, 6.07) is 7.08. The molecule has 1 aromatic carbocycles. The smallest absolute Gasteiger partial charge is 0.146 e. The normalized spacial score (nSPS) is 23.8. The van der Waals surface area contributed by atoms with Crippen molar-refractivity contribution in [2.24, 2.45) is 0 Å². The van der Waals surface area contributed by atoms with Crippen LogP contribution in [-0.4, -0.2) is 55.2 Å². The highest BCUT2D eigenvalue weighted by Crippen LogP contribution is 2.32. The number of hydrogen-bond acceptors (Lipinski definition) is 4. The minimum absolute atomic E-state index is 0.646. The van der Waals surface area contributed by atoms with Crippen LogP contribution >= 0.6 is 0 Å². The van der Waals surface area contributed by atoms with E-state index in [1.807, 2.05) is 0 Å². The minimum atomic E-state index is 0.646. The number of likely N-dealkylation sites (N-methyl/N-ethyl adjacent to an activating group) is 1. The summed E-state index contributed by atoms with van der Waals surface area (Å²) in [7, 11) is 0. The van der Waals surface area contributed by atoms with Gasteiger partial charge in [0, 0.05) is 44.3 Å². The molecule has 2 heterocycles. The Morgan fingerprint density at radius 3 is 3.05 bits per heavy atom. The zero-order chi connectivity index (χ0) is 13.9. The van der Waals surface area contributed by atoms with Crippen LogP contribution in [0.3, 0.4) is 0 Å². The predicted molar refractivity (Wildman–Crippen MR) is 82.4 cm³/mol. The maximum absolute atomic E-state index is 5.87. The number of anilines is 1. The molecule has 1 unspecified atom stereocenters. The molecule has 0 saturated carbocycles. The highest BCUT2D eigenvalue weighted by atomic mass is 16.5. The molecule has 0 spiro atoms. The van der Waals surface area contributed by atoms with Gasteiger partial charge in [-0.25, -0.2) is 0 Å². The van der Waals surface area contributed by atoms with Gasteiger partial charge < -0.3 is 10.1 Å². The lowest BCUT2D eigenvalue weighted by Gasteiger charge is -2.39. The number of rotatable bonds is 3. The summed E-state index contributed by atoms with van der Waals surface area (Å²) in [5, 5.41) is 3.41. The number of ether oxygens (including phenoxy) is 1. The predicted octanol–water partition coefficient (Wildman–Crippen LogP) is 2.02. The molecule has 0 aromatic heterocycles. The lowest BCUT2D eigenvalue weighted by molar-refractivity contribution is 0.0827. The molecular weight excluding hydrogens is 250 g/mol. The molecule has 2 aliphatic heterocycles. The fraction of sp³-hybridized carbons (Fsp3) is 0.625. The number of benzene rings is 1. The summed E-state index contributed by atoms with van der Waals surface area (Å²) in [5.74, 6) is 1.06. The second-order valence-corrected chi connectivity index (χ2v) is 5.78. The lowest BCUT2D eigenvalue weighted by atomic mass is 10.1. The molecule has 0 amide bonds. The third-order valence-corrected chi connectivity index (χ3v) is 4.41. The van der Waals surface area contributed by atoms with E-state index in [0.29, 0.717) is 6.04 Å². The van der Waals surface area contributed by atoms with Crippen LogP contribution in [0.15, 0.2) is 18.2 Å². The van der Waals surface area contributed by atoms with Gasteiger partial charge >= 0.3 is 0 Å². The summed E-state index contributed by atoms with van der Waals surface area (Å²) < 4.78 is 5.87. The summed E-state index contributed by atoms with van der Waals surface area (Å²) in [4.78, 5) is 5.10. The molecule has 1 N–H and O–H groups in total. The standard InChI is InChI=1S/C16H25N3O/c1-3-19-9-8-18(11-13(19)2)12-14-5-4-6-15-16(14)20-10-7-17-15/h4-6,13,17H,3,7-12H2,1-2H3. The van der Waals surface area contributed by atoms with Gasteiger partial charge in [0.2, 0.25) is 0 Å². The van der Waals surface area contributed by atoms with E-state index in [1.165, 1.54) is 12.1 Å². The number of piperazine rings is 1. The number of hydrogen-bond donors (Lipinski definition) is 1. The second-order valence-electron chi connectivity index (χ2n) is 5.78. The Balaban J connectivity index is 1.69. The van der Waals surface area contributed by atoms with E-state index in [1.54, 1.807) is 0 Å². The maximum atomic E-state index is 5.87. The molecule has 1 fully saturated rings. The van der Waals surface area contributed by atoms with Crippen LogP contribution in [0.5, 0.6) is 5.75 Å². The summed E-state index contributed by atoms with van der Waals surface area (Å²) in [5.41, 5.74) is 2.46. The fourth-order valence-electron chi connectivity index (χ4n) is 3.28.